The van der Waals surface area contributed by atoms with Gasteiger partial charge in [0.2, 0.25) is 0 Å². The van der Waals surface area contributed by atoms with E-state index < -0.39 is 11.7 Å². The molecule has 0 aliphatic heterocycles. The minimum atomic E-state index is -0.535. The topological polar surface area (TPSA) is 77.2 Å². The van der Waals surface area contributed by atoms with Crippen LogP contribution in [0.5, 0.6) is 0 Å². The van der Waals surface area contributed by atoms with Crippen LogP contribution in [0.15, 0.2) is 30.3 Å². The minimum absolute atomic E-state index is 0.135. The van der Waals surface area contributed by atoms with E-state index in [1.807, 2.05) is 51.1 Å². The maximum absolute atomic E-state index is 11.8. The fourth-order valence-electron chi connectivity index (χ4n) is 2.21. The van der Waals surface area contributed by atoms with Crippen molar-refractivity contribution < 1.29 is 9.53 Å². The Kier molecular flexibility index (Phi) is 5.44. The Morgan fingerprint density at radius 1 is 1.39 bits per heavy atom. The summed E-state index contributed by atoms with van der Waals surface area (Å²) in [4.78, 5) is 16.2. The van der Waals surface area contributed by atoms with Gasteiger partial charge < -0.3 is 15.8 Å². The van der Waals surface area contributed by atoms with Crippen molar-refractivity contribution in [2.75, 3.05) is 13.1 Å². The number of carbonyl (C=O) groups is 1. The number of ether oxygens (including phenoxy) is 1. The van der Waals surface area contributed by atoms with Crippen LogP contribution in [-0.2, 0) is 4.74 Å². The molecule has 1 heterocycles. The number of nitrogens with zero attached hydrogens (tertiary/aromatic N) is 1. The number of pyridine rings is 1. The lowest BCUT2D eigenvalue weighted by Crippen LogP contribution is -2.36. The smallest absolute Gasteiger partial charge is 0.407 e. The number of hydrogen-bond acceptors (Lipinski definition) is 4. The predicted molar refractivity (Wildman–Crippen MR) is 92.8 cm³/mol. The first kappa shape index (κ1) is 17.5. The first-order valence-electron chi connectivity index (χ1n) is 7.52. The molecule has 1 aromatic carbocycles. The summed E-state index contributed by atoms with van der Waals surface area (Å²) in [6.45, 7) is 6.14. The van der Waals surface area contributed by atoms with E-state index in [-0.39, 0.29) is 5.92 Å². The number of aromatic nitrogens is 1. The van der Waals surface area contributed by atoms with Gasteiger partial charge in [0, 0.05) is 30.1 Å². The third-order valence-corrected chi connectivity index (χ3v) is 3.60. The second kappa shape index (κ2) is 7.15. The second-order valence-corrected chi connectivity index (χ2v) is 6.73. The van der Waals surface area contributed by atoms with E-state index in [0.717, 1.165) is 16.5 Å². The van der Waals surface area contributed by atoms with E-state index >= 15 is 0 Å². The van der Waals surface area contributed by atoms with Crippen molar-refractivity contribution in [3.05, 3.63) is 41.2 Å². The number of nitrogens with two attached hydrogens (primary N) is 1. The van der Waals surface area contributed by atoms with Gasteiger partial charge in [-0.1, -0.05) is 35.9 Å². The van der Waals surface area contributed by atoms with Crippen LogP contribution < -0.4 is 11.1 Å². The van der Waals surface area contributed by atoms with Crippen molar-refractivity contribution in [1.29, 1.82) is 0 Å². The molecule has 1 aromatic heterocycles. The molecule has 124 valence electrons. The fourth-order valence-corrected chi connectivity index (χ4v) is 2.48. The monoisotopic (exact) mass is 335 g/mol. The molecule has 0 saturated carbocycles. The van der Waals surface area contributed by atoms with Crippen LogP contribution in [0.25, 0.3) is 10.8 Å². The summed E-state index contributed by atoms with van der Waals surface area (Å²) in [5, 5.41) is 5.07. The van der Waals surface area contributed by atoms with E-state index in [1.165, 1.54) is 0 Å². The first-order valence-corrected chi connectivity index (χ1v) is 7.90. The molecule has 0 aliphatic carbocycles. The maximum atomic E-state index is 11.8. The quantitative estimate of drug-likeness (QED) is 0.839. The standard InChI is InChI=1S/C17H22ClN3O2/c1-17(2,3)23-16(22)20-10-12(9-19)14-8-11-6-4-5-7-13(11)15(18)21-14/h4-8,12H,9-10,19H2,1-3H3,(H,20,22). The molecule has 2 rings (SSSR count). The van der Waals surface area contributed by atoms with Crippen LogP contribution >= 0.6 is 11.6 Å². The van der Waals surface area contributed by atoms with Gasteiger partial charge in [0.15, 0.2) is 0 Å². The van der Waals surface area contributed by atoms with Crippen molar-refractivity contribution in [1.82, 2.24) is 10.3 Å². The highest BCUT2D eigenvalue weighted by molar-refractivity contribution is 6.34. The Bertz CT molecular complexity index is 698. The molecule has 0 radical (unpaired) electrons. The van der Waals surface area contributed by atoms with Crippen LogP contribution in [0.2, 0.25) is 5.15 Å². The molecule has 0 fully saturated rings. The third kappa shape index (κ3) is 4.81. The zero-order valence-electron chi connectivity index (χ0n) is 13.6. The Labute approximate surface area is 141 Å². The molecular formula is C17H22ClN3O2. The maximum Gasteiger partial charge on any atom is 0.407 e. The molecule has 0 bridgehead atoms. The Morgan fingerprint density at radius 3 is 2.74 bits per heavy atom. The van der Waals surface area contributed by atoms with Crippen molar-refractivity contribution in [3.8, 4) is 0 Å². The molecule has 0 aliphatic rings. The summed E-state index contributed by atoms with van der Waals surface area (Å²) in [7, 11) is 0. The largest absolute Gasteiger partial charge is 0.444 e. The lowest BCUT2D eigenvalue weighted by molar-refractivity contribution is 0.0524. The Balaban J connectivity index is 2.13. The Morgan fingerprint density at radius 2 is 2.09 bits per heavy atom. The third-order valence-electron chi connectivity index (χ3n) is 3.31. The number of fused-ring (bicyclic) bond motifs is 1. The van der Waals surface area contributed by atoms with Gasteiger partial charge in [-0.3, -0.25) is 0 Å². The van der Waals surface area contributed by atoms with Gasteiger partial charge >= 0.3 is 6.09 Å². The molecule has 5 nitrogen and oxygen atoms in total. The van der Waals surface area contributed by atoms with E-state index in [2.05, 4.69) is 10.3 Å². The number of nitrogens with one attached hydrogen (secondary N) is 1. The van der Waals surface area contributed by atoms with E-state index in [0.29, 0.717) is 18.2 Å². The number of alkyl carbamates (subject to hydrolysis) is 1. The highest BCUT2D eigenvalue weighted by Gasteiger charge is 2.19. The average Bonchev–Trinajstić information content (AvgIpc) is 2.46. The van der Waals surface area contributed by atoms with Crippen molar-refractivity contribution in [2.24, 2.45) is 5.73 Å². The number of carbonyl (C=O) groups excluding carboxylic acids is 1. The highest BCUT2D eigenvalue weighted by atomic mass is 35.5. The molecule has 2 aromatic rings. The van der Waals surface area contributed by atoms with Crippen LogP contribution in [0.1, 0.15) is 32.4 Å². The Hall–Kier alpha value is -1.85. The lowest BCUT2D eigenvalue weighted by atomic mass is 10.0. The van der Waals surface area contributed by atoms with Gasteiger partial charge in [0.1, 0.15) is 10.8 Å². The average molecular weight is 336 g/mol. The number of halogens is 1. The fraction of sp³-hybridized carbons (Fsp3) is 0.412. The summed E-state index contributed by atoms with van der Waals surface area (Å²) >= 11 is 6.25. The van der Waals surface area contributed by atoms with Crippen molar-refractivity contribution in [2.45, 2.75) is 32.3 Å². The summed E-state index contributed by atoms with van der Waals surface area (Å²) in [5.41, 5.74) is 6.06. The predicted octanol–water partition coefficient (Wildman–Crippen LogP) is 3.46. The lowest BCUT2D eigenvalue weighted by Gasteiger charge is -2.21. The van der Waals surface area contributed by atoms with E-state index in [9.17, 15) is 4.79 Å². The van der Waals surface area contributed by atoms with E-state index in [1.54, 1.807) is 0 Å². The normalized spacial score (nSPS) is 12.9. The molecule has 23 heavy (non-hydrogen) atoms. The number of hydrogen-bond donors (Lipinski definition) is 2. The molecular weight excluding hydrogens is 314 g/mol. The number of rotatable bonds is 4. The summed E-state index contributed by atoms with van der Waals surface area (Å²) in [5.74, 6) is -0.135. The minimum Gasteiger partial charge on any atom is -0.444 e. The zero-order chi connectivity index (χ0) is 17.0. The van der Waals surface area contributed by atoms with Gasteiger partial charge in [-0.25, -0.2) is 9.78 Å². The molecule has 1 unspecified atom stereocenters. The van der Waals surface area contributed by atoms with Crippen molar-refractivity contribution in [3.63, 3.8) is 0 Å². The van der Waals surface area contributed by atoms with Gasteiger partial charge in [0.05, 0.1) is 0 Å². The SMILES string of the molecule is CC(C)(C)OC(=O)NCC(CN)c1cc2ccccc2c(Cl)n1. The first-order chi connectivity index (χ1) is 10.8. The molecule has 0 spiro atoms. The van der Waals surface area contributed by atoms with Crippen LogP contribution in [0, 0.1) is 0 Å². The molecule has 0 saturated heterocycles. The molecule has 1 amide bonds. The van der Waals surface area contributed by atoms with Gasteiger partial charge in [-0.05, 0) is 32.2 Å². The van der Waals surface area contributed by atoms with Crippen LogP contribution in [0.4, 0.5) is 4.79 Å². The summed E-state index contributed by atoms with van der Waals surface area (Å²) in [6.07, 6.45) is -0.470. The van der Waals surface area contributed by atoms with Crippen LogP contribution in [0.3, 0.4) is 0 Å². The second-order valence-electron chi connectivity index (χ2n) is 6.37. The zero-order valence-corrected chi connectivity index (χ0v) is 14.4. The van der Waals surface area contributed by atoms with Crippen LogP contribution in [-0.4, -0.2) is 29.8 Å². The number of amides is 1. The highest BCUT2D eigenvalue weighted by Crippen LogP contribution is 2.25. The molecule has 6 heteroatoms. The van der Waals surface area contributed by atoms with E-state index in [4.69, 9.17) is 22.1 Å². The summed E-state index contributed by atoms with van der Waals surface area (Å²) < 4.78 is 5.23. The van der Waals surface area contributed by atoms with Gasteiger partial charge in [-0.2, -0.15) is 0 Å². The number of benzene rings is 1. The summed E-state index contributed by atoms with van der Waals surface area (Å²) in [6, 6.07) is 9.71. The van der Waals surface area contributed by atoms with Crippen molar-refractivity contribution >= 4 is 28.5 Å². The van der Waals surface area contributed by atoms with Gasteiger partial charge in [0.25, 0.3) is 0 Å². The molecule has 3 N–H and O–H groups in total. The molecule has 1 atom stereocenters. The van der Waals surface area contributed by atoms with Gasteiger partial charge in [-0.15, -0.1) is 0 Å².